The maximum absolute atomic E-state index is 12.1. The molecule has 1 atom stereocenters. The number of non-ortho nitro benzene ring substituents is 1. The fourth-order valence-electron chi connectivity index (χ4n) is 2.20. The molecule has 1 amide bonds. The molecule has 0 bridgehead atoms. The van der Waals surface area contributed by atoms with Gasteiger partial charge in [-0.1, -0.05) is 0 Å². The Bertz CT molecular complexity index is 748. The Morgan fingerprint density at radius 3 is 2.40 bits per heavy atom. The Labute approximate surface area is 151 Å². The second-order valence-corrected chi connectivity index (χ2v) is 8.08. The molecular formula is C18H23N3O3S. The summed E-state index contributed by atoms with van der Waals surface area (Å²) in [6, 6.07) is 10.2. The highest BCUT2D eigenvalue weighted by atomic mass is 32.1. The van der Waals surface area contributed by atoms with E-state index in [1.165, 1.54) is 12.1 Å². The lowest BCUT2D eigenvalue weighted by Gasteiger charge is -2.23. The molecule has 7 heteroatoms. The van der Waals surface area contributed by atoms with E-state index < -0.39 is 4.92 Å². The largest absolute Gasteiger partial charge is 0.350 e. The summed E-state index contributed by atoms with van der Waals surface area (Å²) in [6.45, 7) is 8.29. The lowest BCUT2D eigenvalue weighted by atomic mass is 10.1. The highest BCUT2D eigenvalue weighted by Crippen LogP contribution is 2.29. The number of nitro benzene ring substituents is 1. The Morgan fingerprint density at radius 1 is 1.20 bits per heavy atom. The van der Waals surface area contributed by atoms with Crippen molar-refractivity contribution in [2.75, 3.05) is 0 Å². The van der Waals surface area contributed by atoms with Crippen LogP contribution in [0.4, 0.5) is 5.69 Å². The summed E-state index contributed by atoms with van der Waals surface area (Å²) in [6.07, 6.45) is 0. The topological polar surface area (TPSA) is 84.3 Å². The van der Waals surface area contributed by atoms with E-state index in [2.05, 4.69) is 10.6 Å². The summed E-state index contributed by atoms with van der Waals surface area (Å²) in [7, 11) is 0. The highest BCUT2D eigenvalue weighted by molar-refractivity contribution is 7.15. The number of hydrogen-bond donors (Lipinski definition) is 2. The fraction of sp³-hybridized carbons (Fsp3) is 0.389. The van der Waals surface area contributed by atoms with Crippen LogP contribution in [-0.2, 0) is 11.3 Å². The molecule has 1 aromatic heterocycles. The number of hydrogen-bond acceptors (Lipinski definition) is 5. The van der Waals surface area contributed by atoms with Gasteiger partial charge in [0.2, 0.25) is 5.91 Å². The van der Waals surface area contributed by atoms with Crippen LogP contribution < -0.4 is 10.6 Å². The van der Waals surface area contributed by atoms with Crippen LogP contribution in [0.5, 0.6) is 0 Å². The predicted octanol–water partition coefficient (Wildman–Crippen LogP) is 3.72. The Morgan fingerprint density at radius 2 is 1.84 bits per heavy atom. The lowest BCUT2D eigenvalue weighted by molar-refractivity contribution is -0.384. The number of amides is 1. The molecule has 0 saturated heterocycles. The Kier molecular flexibility index (Phi) is 5.92. The zero-order valence-corrected chi connectivity index (χ0v) is 15.6. The van der Waals surface area contributed by atoms with Crippen LogP contribution in [0.2, 0.25) is 0 Å². The van der Waals surface area contributed by atoms with Crippen molar-refractivity contribution in [3.63, 3.8) is 0 Å². The highest BCUT2D eigenvalue weighted by Gasteiger charge is 2.19. The fourth-order valence-corrected chi connectivity index (χ4v) is 3.16. The van der Waals surface area contributed by atoms with E-state index in [1.807, 2.05) is 39.8 Å². The molecule has 1 unspecified atom stereocenters. The molecule has 1 aromatic carbocycles. The van der Waals surface area contributed by atoms with E-state index >= 15 is 0 Å². The molecule has 6 nitrogen and oxygen atoms in total. The van der Waals surface area contributed by atoms with Gasteiger partial charge in [0, 0.05) is 34.0 Å². The lowest BCUT2D eigenvalue weighted by Crippen LogP contribution is -2.49. The number of nitrogens with one attached hydrogen (secondary N) is 2. The Hall–Kier alpha value is -2.25. The van der Waals surface area contributed by atoms with Crippen molar-refractivity contribution in [3.8, 4) is 10.4 Å². The van der Waals surface area contributed by atoms with Crippen molar-refractivity contribution in [1.29, 1.82) is 0 Å². The molecule has 0 radical (unpaired) electrons. The number of rotatable bonds is 6. The van der Waals surface area contributed by atoms with Crippen LogP contribution in [0.1, 0.15) is 32.6 Å². The molecule has 2 N–H and O–H groups in total. The monoisotopic (exact) mass is 361 g/mol. The van der Waals surface area contributed by atoms with Crippen molar-refractivity contribution in [1.82, 2.24) is 10.6 Å². The third-order valence-electron chi connectivity index (χ3n) is 3.50. The first-order valence-corrected chi connectivity index (χ1v) is 8.86. The van der Waals surface area contributed by atoms with Gasteiger partial charge in [0.1, 0.15) is 0 Å². The van der Waals surface area contributed by atoms with Gasteiger partial charge in [-0.3, -0.25) is 14.9 Å². The van der Waals surface area contributed by atoms with Gasteiger partial charge in [0.15, 0.2) is 0 Å². The van der Waals surface area contributed by atoms with E-state index in [0.717, 1.165) is 15.3 Å². The molecule has 1 heterocycles. The molecule has 0 spiro atoms. The van der Waals surface area contributed by atoms with E-state index in [4.69, 9.17) is 0 Å². The molecule has 2 aromatic rings. The van der Waals surface area contributed by atoms with Gasteiger partial charge in [-0.05, 0) is 57.5 Å². The summed E-state index contributed by atoms with van der Waals surface area (Å²) >= 11 is 1.60. The number of thiophene rings is 1. The van der Waals surface area contributed by atoms with Gasteiger partial charge in [0.05, 0.1) is 11.0 Å². The molecule has 134 valence electrons. The van der Waals surface area contributed by atoms with Gasteiger partial charge < -0.3 is 10.6 Å². The summed E-state index contributed by atoms with van der Waals surface area (Å²) < 4.78 is 0. The van der Waals surface area contributed by atoms with Crippen LogP contribution >= 0.6 is 11.3 Å². The third kappa shape index (κ3) is 5.65. The average molecular weight is 361 g/mol. The summed E-state index contributed by atoms with van der Waals surface area (Å²) in [5, 5.41) is 16.9. The van der Waals surface area contributed by atoms with Gasteiger partial charge >= 0.3 is 0 Å². The first-order chi connectivity index (χ1) is 11.7. The molecule has 25 heavy (non-hydrogen) atoms. The maximum atomic E-state index is 12.1. The van der Waals surface area contributed by atoms with Crippen molar-refractivity contribution >= 4 is 22.9 Å². The van der Waals surface area contributed by atoms with Gasteiger partial charge in [-0.15, -0.1) is 11.3 Å². The first kappa shape index (κ1) is 19.1. The summed E-state index contributed by atoms with van der Waals surface area (Å²) in [5.41, 5.74) is 0.778. The van der Waals surface area contributed by atoms with Crippen molar-refractivity contribution in [3.05, 3.63) is 51.4 Å². The number of nitrogens with zero attached hydrogens (tertiary/aromatic N) is 1. The predicted molar refractivity (Wildman–Crippen MR) is 101 cm³/mol. The molecule has 0 saturated carbocycles. The van der Waals surface area contributed by atoms with Crippen LogP contribution in [0.15, 0.2) is 36.4 Å². The van der Waals surface area contributed by atoms with E-state index in [9.17, 15) is 14.9 Å². The second kappa shape index (κ2) is 7.76. The number of carbonyl (C=O) groups excluding carboxylic acids is 1. The molecule has 0 aliphatic heterocycles. The average Bonchev–Trinajstić information content (AvgIpc) is 3.00. The molecule has 0 aliphatic carbocycles. The standard InChI is InChI=1S/C18H23N3O3S/c1-12(17(22)20-18(2,3)4)19-11-15-9-10-16(25-15)13-5-7-14(8-6-13)21(23)24/h5-10,12,19H,11H2,1-4H3,(H,20,22). The normalized spacial score (nSPS) is 12.6. The van der Waals surface area contributed by atoms with Crippen molar-refractivity contribution in [2.24, 2.45) is 0 Å². The van der Waals surface area contributed by atoms with Crippen LogP contribution in [0, 0.1) is 10.1 Å². The quantitative estimate of drug-likeness (QED) is 0.607. The minimum Gasteiger partial charge on any atom is -0.350 e. The zero-order valence-electron chi connectivity index (χ0n) is 14.8. The minimum absolute atomic E-state index is 0.0281. The van der Waals surface area contributed by atoms with E-state index in [-0.39, 0.29) is 23.2 Å². The zero-order chi connectivity index (χ0) is 18.6. The molecular weight excluding hydrogens is 338 g/mol. The number of carbonyl (C=O) groups is 1. The molecule has 0 fully saturated rings. The van der Waals surface area contributed by atoms with E-state index in [1.54, 1.807) is 23.5 Å². The van der Waals surface area contributed by atoms with Crippen LogP contribution in [-0.4, -0.2) is 22.4 Å². The summed E-state index contributed by atoms with van der Waals surface area (Å²) in [4.78, 5) is 24.5. The smallest absolute Gasteiger partial charge is 0.269 e. The maximum Gasteiger partial charge on any atom is 0.269 e. The van der Waals surface area contributed by atoms with Crippen LogP contribution in [0.25, 0.3) is 10.4 Å². The second-order valence-electron chi connectivity index (χ2n) is 6.91. The third-order valence-corrected chi connectivity index (χ3v) is 4.63. The number of nitro groups is 1. The SMILES string of the molecule is CC(NCc1ccc(-c2ccc([N+](=O)[O-])cc2)s1)C(=O)NC(C)(C)C. The number of benzene rings is 1. The van der Waals surface area contributed by atoms with Crippen molar-refractivity contribution < 1.29 is 9.72 Å². The van der Waals surface area contributed by atoms with Gasteiger partial charge in [-0.25, -0.2) is 0 Å². The van der Waals surface area contributed by atoms with Gasteiger partial charge in [0.25, 0.3) is 5.69 Å². The van der Waals surface area contributed by atoms with Crippen molar-refractivity contribution in [2.45, 2.75) is 45.8 Å². The molecule has 0 aliphatic rings. The van der Waals surface area contributed by atoms with Gasteiger partial charge in [-0.2, -0.15) is 0 Å². The summed E-state index contributed by atoms with van der Waals surface area (Å²) in [5.74, 6) is -0.0281. The van der Waals surface area contributed by atoms with E-state index in [0.29, 0.717) is 6.54 Å². The minimum atomic E-state index is -0.405. The Balaban J connectivity index is 1.95. The first-order valence-electron chi connectivity index (χ1n) is 8.04. The molecule has 2 rings (SSSR count). The van der Waals surface area contributed by atoms with Crippen LogP contribution in [0.3, 0.4) is 0 Å².